The van der Waals surface area contributed by atoms with Crippen LogP contribution < -0.4 is 0 Å². The maximum atomic E-state index is 11.0. The number of ether oxygens (including phenoxy) is 1. The predicted molar refractivity (Wildman–Crippen MR) is 62.4 cm³/mol. The molecule has 1 aliphatic rings. The standard InChI is InChI=1S/C12H13N3O3/c1-7-4-5-18-10(7)11-14-13-9-3-2-8(12(16)17)6-15(9)11/h2-3,6-7,10H,4-5H2,1H3,(H,16,17). The van der Waals surface area contributed by atoms with Crippen LogP contribution >= 0.6 is 0 Å². The number of nitrogens with zero attached hydrogens (tertiary/aromatic N) is 3. The van der Waals surface area contributed by atoms with Gasteiger partial charge in [-0.15, -0.1) is 10.2 Å². The fourth-order valence-electron chi connectivity index (χ4n) is 2.25. The van der Waals surface area contributed by atoms with Gasteiger partial charge in [0, 0.05) is 12.8 Å². The molecule has 6 nitrogen and oxygen atoms in total. The number of carboxylic acids is 1. The molecule has 3 rings (SSSR count). The van der Waals surface area contributed by atoms with Crippen LogP contribution in [-0.4, -0.2) is 32.3 Å². The van der Waals surface area contributed by atoms with Gasteiger partial charge in [0.05, 0.1) is 5.56 Å². The summed E-state index contributed by atoms with van der Waals surface area (Å²) in [5.41, 5.74) is 0.854. The topological polar surface area (TPSA) is 76.7 Å². The number of pyridine rings is 1. The van der Waals surface area contributed by atoms with E-state index in [4.69, 9.17) is 9.84 Å². The zero-order valence-electron chi connectivity index (χ0n) is 9.91. The van der Waals surface area contributed by atoms with E-state index in [0.717, 1.165) is 6.42 Å². The Morgan fingerprint density at radius 3 is 3.00 bits per heavy atom. The molecule has 0 bridgehead atoms. The van der Waals surface area contributed by atoms with Crippen molar-refractivity contribution in [3.8, 4) is 0 Å². The largest absolute Gasteiger partial charge is 0.478 e. The molecule has 2 aromatic rings. The molecular formula is C12H13N3O3. The van der Waals surface area contributed by atoms with Crippen molar-refractivity contribution in [1.29, 1.82) is 0 Å². The highest BCUT2D eigenvalue weighted by Gasteiger charge is 2.30. The van der Waals surface area contributed by atoms with Crippen molar-refractivity contribution >= 4 is 11.6 Å². The van der Waals surface area contributed by atoms with E-state index in [2.05, 4.69) is 17.1 Å². The van der Waals surface area contributed by atoms with Gasteiger partial charge in [0.2, 0.25) is 0 Å². The average molecular weight is 247 g/mol. The van der Waals surface area contributed by atoms with Crippen molar-refractivity contribution in [2.24, 2.45) is 5.92 Å². The third kappa shape index (κ3) is 1.65. The van der Waals surface area contributed by atoms with Crippen LogP contribution in [0.4, 0.5) is 0 Å². The first-order chi connectivity index (χ1) is 8.66. The van der Waals surface area contributed by atoms with Gasteiger partial charge >= 0.3 is 5.97 Å². The van der Waals surface area contributed by atoms with E-state index in [1.807, 2.05) is 0 Å². The third-order valence-corrected chi connectivity index (χ3v) is 3.32. The molecule has 2 aromatic heterocycles. The maximum Gasteiger partial charge on any atom is 0.337 e. The molecule has 1 aliphatic heterocycles. The van der Waals surface area contributed by atoms with Crippen LogP contribution in [0.15, 0.2) is 18.3 Å². The van der Waals surface area contributed by atoms with E-state index in [1.54, 1.807) is 16.7 Å². The Morgan fingerprint density at radius 1 is 1.50 bits per heavy atom. The number of hydrogen-bond donors (Lipinski definition) is 1. The van der Waals surface area contributed by atoms with Crippen molar-refractivity contribution in [3.63, 3.8) is 0 Å². The maximum absolute atomic E-state index is 11.0. The van der Waals surface area contributed by atoms with Gasteiger partial charge in [0.25, 0.3) is 0 Å². The third-order valence-electron chi connectivity index (χ3n) is 3.32. The van der Waals surface area contributed by atoms with E-state index >= 15 is 0 Å². The van der Waals surface area contributed by atoms with Gasteiger partial charge in [-0.1, -0.05) is 6.92 Å². The first kappa shape index (κ1) is 11.2. The van der Waals surface area contributed by atoms with Crippen LogP contribution in [0.3, 0.4) is 0 Å². The highest BCUT2D eigenvalue weighted by molar-refractivity contribution is 5.87. The Kier molecular flexibility index (Phi) is 2.52. The zero-order chi connectivity index (χ0) is 12.7. The van der Waals surface area contributed by atoms with E-state index < -0.39 is 5.97 Å². The lowest BCUT2D eigenvalue weighted by atomic mass is 10.0. The van der Waals surface area contributed by atoms with Crippen LogP contribution in [0, 0.1) is 5.92 Å². The lowest BCUT2D eigenvalue weighted by Gasteiger charge is -2.12. The minimum absolute atomic E-state index is 0.107. The number of fused-ring (bicyclic) bond motifs is 1. The Morgan fingerprint density at radius 2 is 2.33 bits per heavy atom. The molecule has 1 N–H and O–H groups in total. The summed E-state index contributed by atoms with van der Waals surface area (Å²) >= 11 is 0. The molecule has 2 atom stereocenters. The molecule has 0 aromatic carbocycles. The van der Waals surface area contributed by atoms with Gasteiger partial charge in [0.1, 0.15) is 6.10 Å². The van der Waals surface area contributed by atoms with Crippen molar-refractivity contribution in [3.05, 3.63) is 29.7 Å². The van der Waals surface area contributed by atoms with Gasteiger partial charge in [-0.3, -0.25) is 4.40 Å². The molecule has 6 heteroatoms. The summed E-state index contributed by atoms with van der Waals surface area (Å²) in [6, 6.07) is 3.18. The Balaban J connectivity index is 2.11. The number of hydrogen-bond acceptors (Lipinski definition) is 4. The lowest BCUT2D eigenvalue weighted by Crippen LogP contribution is -2.09. The van der Waals surface area contributed by atoms with Crippen molar-refractivity contribution in [2.75, 3.05) is 6.61 Å². The molecule has 0 saturated carbocycles. The first-order valence-corrected chi connectivity index (χ1v) is 5.86. The van der Waals surface area contributed by atoms with Crippen molar-refractivity contribution in [2.45, 2.75) is 19.4 Å². The molecule has 94 valence electrons. The number of aromatic carboxylic acids is 1. The van der Waals surface area contributed by atoms with E-state index in [9.17, 15) is 4.79 Å². The Hall–Kier alpha value is -1.95. The monoisotopic (exact) mass is 247 g/mol. The minimum Gasteiger partial charge on any atom is -0.478 e. The molecule has 0 spiro atoms. The number of carboxylic acid groups (broad SMARTS) is 1. The lowest BCUT2D eigenvalue weighted by molar-refractivity contribution is 0.0695. The minimum atomic E-state index is -0.961. The summed E-state index contributed by atoms with van der Waals surface area (Å²) in [4.78, 5) is 11.0. The number of carbonyl (C=O) groups is 1. The van der Waals surface area contributed by atoms with Crippen LogP contribution in [0.5, 0.6) is 0 Å². The van der Waals surface area contributed by atoms with Crippen molar-refractivity contribution in [1.82, 2.24) is 14.6 Å². The van der Waals surface area contributed by atoms with E-state index in [-0.39, 0.29) is 11.7 Å². The van der Waals surface area contributed by atoms with Gasteiger partial charge in [-0.2, -0.15) is 0 Å². The van der Waals surface area contributed by atoms with Gasteiger partial charge in [-0.05, 0) is 24.5 Å². The smallest absolute Gasteiger partial charge is 0.337 e. The fourth-order valence-corrected chi connectivity index (χ4v) is 2.25. The highest BCUT2D eigenvalue weighted by atomic mass is 16.5. The molecule has 1 saturated heterocycles. The summed E-state index contributed by atoms with van der Waals surface area (Å²) in [5.74, 6) is 0.0842. The second kappa shape index (κ2) is 4.06. The zero-order valence-corrected chi connectivity index (χ0v) is 9.91. The highest BCUT2D eigenvalue weighted by Crippen LogP contribution is 2.33. The van der Waals surface area contributed by atoms with Crippen LogP contribution in [0.1, 0.15) is 35.6 Å². The molecule has 1 fully saturated rings. The molecule has 2 unspecified atom stereocenters. The molecule has 0 aliphatic carbocycles. The number of aromatic nitrogens is 3. The second-order valence-corrected chi connectivity index (χ2v) is 4.57. The van der Waals surface area contributed by atoms with E-state index in [0.29, 0.717) is 24.0 Å². The average Bonchev–Trinajstić information content (AvgIpc) is 2.93. The summed E-state index contributed by atoms with van der Waals surface area (Å²) in [6.07, 6.45) is 2.42. The molecule has 0 radical (unpaired) electrons. The summed E-state index contributed by atoms with van der Waals surface area (Å²) in [5, 5.41) is 17.2. The summed E-state index contributed by atoms with van der Waals surface area (Å²) in [7, 11) is 0. The van der Waals surface area contributed by atoms with Crippen LogP contribution in [0.2, 0.25) is 0 Å². The predicted octanol–water partition coefficient (Wildman–Crippen LogP) is 1.53. The molecule has 0 amide bonds. The molecular weight excluding hydrogens is 234 g/mol. The summed E-state index contributed by atoms with van der Waals surface area (Å²) in [6.45, 7) is 2.80. The first-order valence-electron chi connectivity index (χ1n) is 5.86. The second-order valence-electron chi connectivity index (χ2n) is 4.57. The van der Waals surface area contributed by atoms with Gasteiger partial charge in [0.15, 0.2) is 11.5 Å². The normalized spacial score (nSPS) is 23.6. The van der Waals surface area contributed by atoms with Gasteiger partial charge < -0.3 is 9.84 Å². The fraction of sp³-hybridized carbons (Fsp3) is 0.417. The van der Waals surface area contributed by atoms with E-state index in [1.165, 1.54) is 6.07 Å². The Bertz CT molecular complexity index is 608. The quantitative estimate of drug-likeness (QED) is 0.870. The van der Waals surface area contributed by atoms with Crippen molar-refractivity contribution < 1.29 is 14.6 Å². The molecule has 3 heterocycles. The van der Waals surface area contributed by atoms with Crippen LogP contribution in [-0.2, 0) is 4.74 Å². The number of rotatable bonds is 2. The SMILES string of the molecule is CC1CCOC1c1nnc2ccc(C(=O)O)cn12. The van der Waals surface area contributed by atoms with Gasteiger partial charge in [-0.25, -0.2) is 4.79 Å². The van der Waals surface area contributed by atoms with Crippen LogP contribution in [0.25, 0.3) is 5.65 Å². The molecule has 18 heavy (non-hydrogen) atoms. The Labute approximate surface area is 103 Å². The summed E-state index contributed by atoms with van der Waals surface area (Å²) < 4.78 is 7.35.